The van der Waals surface area contributed by atoms with Crippen molar-refractivity contribution in [3.05, 3.63) is 29.8 Å². The molecular formula is C11H14O3. The van der Waals surface area contributed by atoms with E-state index in [0.717, 1.165) is 0 Å². The van der Waals surface area contributed by atoms with Crippen LogP contribution in [0.2, 0.25) is 0 Å². The Hall–Kier alpha value is -1.35. The lowest BCUT2D eigenvalue weighted by Gasteiger charge is -2.06. The van der Waals surface area contributed by atoms with Crippen molar-refractivity contribution in [2.24, 2.45) is 0 Å². The fraction of sp³-hybridized carbons (Fsp3) is 0.364. The summed E-state index contributed by atoms with van der Waals surface area (Å²) in [5.41, 5.74) is 1.19. The molecule has 0 atom stereocenters. The van der Waals surface area contributed by atoms with E-state index in [-0.39, 0.29) is 0 Å². The molecule has 0 unspecified atom stereocenters. The second kappa shape index (κ2) is 4.77. The molecule has 1 aromatic carbocycles. The molecule has 0 saturated heterocycles. The predicted molar refractivity (Wildman–Crippen MR) is 53.3 cm³/mol. The molecule has 0 bridgehead atoms. The smallest absolute Gasteiger partial charge is 0.337 e. The van der Waals surface area contributed by atoms with Crippen molar-refractivity contribution in [3.63, 3.8) is 0 Å². The molecule has 3 nitrogen and oxygen atoms in total. The van der Waals surface area contributed by atoms with E-state index in [2.05, 4.69) is 13.8 Å². The van der Waals surface area contributed by atoms with Gasteiger partial charge in [-0.2, -0.15) is 0 Å². The van der Waals surface area contributed by atoms with Gasteiger partial charge in [0, 0.05) is 0 Å². The molecule has 0 aliphatic heterocycles. The molecule has 3 heteroatoms. The number of carbonyl (C=O) groups excluding carboxylic acids is 1. The minimum absolute atomic E-state index is 0.456. The summed E-state index contributed by atoms with van der Waals surface area (Å²) >= 11 is 0. The van der Waals surface area contributed by atoms with Crippen molar-refractivity contribution in [3.8, 4) is 5.75 Å². The Bertz CT molecular complexity index is 301. The first kappa shape index (κ1) is 10.7. The number of aliphatic hydroxyl groups is 1. The lowest BCUT2D eigenvalue weighted by Crippen LogP contribution is -2.12. The Morgan fingerprint density at radius 2 is 1.93 bits per heavy atom. The highest BCUT2D eigenvalue weighted by Gasteiger charge is 2.03. The van der Waals surface area contributed by atoms with Crippen LogP contribution in [0.15, 0.2) is 24.3 Å². The van der Waals surface area contributed by atoms with Crippen LogP contribution >= 0.6 is 0 Å². The normalized spacial score (nSPS) is 10.3. The zero-order valence-corrected chi connectivity index (χ0v) is 8.36. The molecule has 0 aliphatic rings. The van der Waals surface area contributed by atoms with Gasteiger partial charge in [-0.05, 0) is 23.6 Å². The van der Waals surface area contributed by atoms with E-state index in [0.29, 0.717) is 11.7 Å². The van der Waals surface area contributed by atoms with Crippen molar-refractivity contribution in [1.29, 1.82) is 0 Å². The fourth-order valence-electron chi connectivity index (χ4n) is 1.08. The van der Waals surface area contributed by atoms with Gasteiger partial charge >= 0.3 is 5.97 Å². The quantitative estimate of drug-likeness (QED) is 0.588. The molecule has 0 aliphatic carbocycles. The van der Waals surface area contributed by atoms with E-state index in [9.17, 15) is 4.79 Å². The summed E-state index contributed by atoms with van der Waals surface area (Å²) in [6, 6.07) is 7.26. The van der Waals surface area contributed by atoms with E-state index < -0.39 is 12.6 Å². The van der Waals surface area contributed by atoms with Crippen molar-refractivity contribution in [2.75, 3.05) is 6.61 Å². The maximum Gasteiger partial charge on any atom is 0.337 e. The van der Waals surface area contributed by atoms with Gasteiger partial charge in [0.05, 0.1) is 0 Å². The van der Waals surface area contributed by atoms with Crippen molar-refractivity contribution in [2.45, 2.75) is 19.8 Å². The third-order valence-electron chi connectivity index (χ3n) is 1.91. The van der Waals surface area contributed by atoms with Gasteiger partial charge in [0.15, 0.2) is 0 Å². The van der Waals surface area contributed by atoms with Crippen molar-refractivity contribution >= 4 is 5.97 Å². The van der Waals surface area contributed by atoms with Crippen LogP contribution in [0.5, 0.6) is 5.75 Å². The van der Waals surface area contributed by atoms with E-state index in [4.69, 9.17) is 9.84 Å². The van der Waals surface area contributed by atoms with Gasteiger partial charge in [-0.1, -0.05) is 26.0 Å². The molecule has 0 amide bonds. The number of esters is 1. The Labute approximate surface area is 83.3 Å². The first-order valence-electron chi connectivity index (χ1n) is 4.55. The summed E-state index contributed by atoms with van der Waals surface area (Å²) in [6.07, 6.45) is 0. The second-order valence-corrected chi connectivity index (χ2v) is 3.36. The third-order valence-corrected chi connectivity index (χ3v) is 1.91. The van der Waals surface area contributed by atoms with Gasteiger partial charge in [-0.15, -0.1) is 0 Å². The highest BCUT2D eigenvalue weighted by atomic mass is 16.5. The molecule has 0 fully saturated rings. The number of carbonyl (C=O) groups is 1. The highest BCUT2D eigenvalue weighted by molar-refractivity contribution is 5.73. The Morgan fingerprint density at radius 1 is 1.36 bits per heavy atom. The summed E-state index contributed by atoms with van der Waals surface area (Å²) in [4.78, 5) is 10.7. The summed E-state index contributed by atoms with van der Waals surface area (Å²) in [7, 11) is 0. The average molecular weight is 194 g/mol. The zero-order valence-electron chi connectivity index (χ0n) is 8.36. The van der Waals surface area contributed by atoms with Crippen LogP contribution in [0.1, 0.15) is 25.3 Å². The summed E-state index contributed by atoms with van der Waals surface area (Å²) in [5, 5.41) is 8.46. The van der Waals surface area contributed by atoms with E-state index in [1.807, 2.05) is 12.1 Å². The first-order chi connectivity index (χ1) is 6.63. The molecule has 0 heterocycles. The van der Waals surface area contributed by atoms with Crippen LogP contribution in [0.25, 0.3) is 0 Å². The molecule has 14 heavy (non-hydrogen) atoms. The third kappa shape index (κ3) is 2.85. The SMILES string of the molecule is CC(C)c1ccc(OC(=O)CO)cc1. The molecule has 1 rings (SSSR count). The van der Waals surface area contributed by atoms with Crippen LogP contribution in [0.3, 0.4) is 0 Å². The Morgan fingerprint density at radius 3 is 2.36 bits per heavy atom. The largest absolute Gasteiger partial charge is 0.425 e. The van der Waals surface area contributed by atoms with Gasteiger partial charge in [0.2, 0.25) is 0 Å². The molecule has 76 valence electrons. The van der Waals surface area contributed by atoms with Gasteiger partial charge in [-0.25, -0.2) is 4.79 Å². The van der Waals surface area contributed by atoms with Crippen molar-refractivity contribution < 1.29 is 14.6 Å². The summed E-state index contributed by atoms with van der Waals surface area (Å²) in [6.45, 7) is 3.59. The Balaban J connectivity index is 2.69. The number of benzene rings is 1. The van der Waals surface area contributed by atoms with Gasteiger partial charge in [0.1, 0.15) is 12.4 Å². The van der Waals surface area contributed by atoms with Crippen LogP contribution in [-0.2, 0) is 4.79 Å². The molecular weight excluding hydrogens is 180 g/mol. The molecule has 1 N–H and O–H groups in total. The molecule has 0 saturated carbocycles. The predicted octanol–water partition coefficient (Wildman–Crippen LogP) is 1.71. The Kier molecular flexibility index (Phi) is 3.65. The molecule has 0 radical (unpaired) electrons. The van der Waals surface area contributed by atoms with Crippen LogP contribution in [0.4, 0.5) is 0 Å². The van der Waals surface area contributed by atoms with E-state index in [1.54, 1.807) is 12.1 Å². The van der Waals surface area contributed by atoms with Crippen molar-refractivity contribution in [1.82, 2.24) is 0 Å². The maximum atomic E-state index is 10.7. The van der Waals surface area contributed by atoms with E-state index in [1.165, 1.54) is 5.56 Å². The minimum atomic E-state index is -0.637. The average Bonchev–Trinajstić information content (AvgIpc) is 2.18. The lowest BCUT2D eigenvalue weighted by atomic mass is 10.0. The number of aliphatic hydroxyl groups excluding tert-OH is 1. The molecule has 1 aromatic rings. The monoisotopic (exact) mass is 194 g/mol. The maximum absolute atomic E-state index is 10.7. The number of hydrogen-bond donors (Lipinski definition) is 1. The topological polar surface area (TPSA) is 46.5 Å². The minimum Gasteiger partial charge on any atom is -0.425 e. The molecule has 0 aromatic heterocycles. The molecule has 0 spiro atoms. The zero-order chi connectivity index (χ0) is 10.6. The second-order valence-electron chi connectivity index (χ2n) is 3.36. The van der Waals surface area contributed by atoms with E-state index >= 15 is 0 Å². The van der Waals surface area contributed by atoms with Gasteiger partial charge < -0.3 is 9.84 Å². The fourth-order valence-corrected chi connectivity index (χ4v) is 1.08. The van der Waals surface area contributed by atoms with Crippen LogP contribution in [-0.4, -0.2) is 17.7 Å². The number of ether oxygens (including phenoxy) is 1. The van der Waals surface area contributed by atoms with Gasteiger partial charge in [-0.3, -0.25) is 0 Å². The van der Waals surface area contributed by atoms with Crippen LogP contribution < -0.4 is 4.74 Å². The summed E-state index contributed by atoms with van der Waals surface area (Å²) in [5.74, 6) is 0.286. The van der Waals surface area contributed by atoms with Gasteiger partial charge in [0.25, 0.3) is 0 Å². The standard InChI is InChI=1S/C11H14O3/c1-8(2)9-3-5-10(6-4-9)14-11(13)7-12/h3-6,8,12H,7H2,1-2H3. The van der Waals surface area contributed by atoms with Crippen LogP contribution in [0, 0.1) is 0 Å². The lowest BCUT2D eigenvalue weighted by molar-refractivity contribution is -0.137. The summed E-state index contributed by atoms with van der Waals surface area (Å²) < 4.78 is 4.81. The highest BCUT2D eigenvalue weighted by Crippen LogP contribution is 2.18. The first-order valence-corrected chi connectivity index (χ1v) is 4.55. The number of rotatable bonds is 3. The number of hydrogen-bond acceptors (Lipinski definition) is 3.